The Labute approximate surface area is 228 Å². The minimum absolute atomic E-state index is 0.0139. The van der Waals surface area contributed by atoms with Crippen molar-refractivity contribution in [3.63, 3.8) is 0 Å². The summed E-state index contributed by atoms with van der Waals surface area (Å²) in [5.74, 6) is -0.0135. The van der Waals surface area contributed by atoms with Gasteiger partial charge in [-0.1, -0.05) is 26.8 Å². The van der Waals surface area contributed by atoms with Crippen molar-refractivity contribution in [3.8, 4) is 17.0 Å². The standard InChI is InChI=1S/C28H34FN5O4S/c1-17(2)16-38-22-14-20(13-21(29)15-22)24-11-10-23(27(31-24)34-12-6-7-18(3)19(34)4)28(35)33-39(36,37)26-9-5-8-25(30)32-26/h5,8-11,13-15,17-19H,6-7,12,16H2,1-4H3,(H2,30,32)(H,33,35). The summed E-state index contributed by atoms with van der Waals surface area (Å²) in [4.78, 5) is 24.0. The van der Waals surface area contributed by atoms with Gasteiger partial charge < -0.3 is 15.4 Å². The Kier molecular flexibility index (Phi) is 8.39. The quantitative estimate of drug-likeness (QED) is 0.411. The van der Waals surface area contributed by atoms with Crippen molar-refractivity contribution in [1.29, 1.82) is 0 Å². The highest BCUT2D eigenvalue weighted by Crippen LogP contribution is 2.33. The molecule has 0 spiro atoms. The number of carbonyl (C=O) groups is 1. The fourth-order valence-corrected chi connectivity index (χ4v) is 5.45. The van der Waals surface area contributed by atoms with E-state index >= 15 is 0 Å². The summed E-state index contributed by atoms with van der Waals surface area (Å²) in [6.45, 7) is 9.25. The molecule has 2 aromatic heterocycles. The van der Waals surface area contributed by atoms with Gasteiger partial charge in [0.15, 0.2) is 5.03 Å². The number of nitrogens with zero attached hydrogens (tertiary/aromatic N) is 3. The highest BCUT2D eigenvalue weighted by Gasteiger charge is 2.31. The second kappa shape index (κ2) is 11.6. The van der Waals surface area contributed by atoms with E-state index < -0.39 is 21.7 Å². The molecule has 1 aliphatic rings. The van der Waals surface area contributed by atoms with Gasteiger partial charge in [-0.15, -0.1) is 0 Å². The first-order valence-electron chi connectivity index (χ1n) is 13.0. The van der Waals surface area contributed by atoms with Crippen LogP contribution in [0.1, 0.15) is 50.9 Å². The maximum atomic E-state index is 14.5. The molecule has 0 aliphatic carbocycles. The Balaban J connectivity index is 1.75. The zero-order chi connectivity index (χ0) is 28.3. The molecule has 11 heteroatoms. The summed E-state index contributed by atoms with van der Waals surface area (Å²) in [6.07, 6.45) is 1.91. The number of rotatable bonds is 8. The van der Waals surface area contributed by atoms with E-state index in [1.165, 1.54) is 36.4 Å². The highest BCUT2D eigenvalue weighted by molar-refractivity contribution is 7.90. The number of piperidine rings is 1. The molecule has 1 amide bonds. The van der Waals surface area contributed by atoms with Crippen molar-refractivity contribution >= 4 is 27.6 Å². The molecule has 3 N–H and O–H groups in total. The number of amides is 1. The second-order valence-corrected chi connectivity index (χ2v) is 12.0. The third kappa shape index (κ3) is 6.65. The van der Waals surface area contributed by atoms with Crippen molar-refractivity contribution in [2.45, 2.75) is 51.6 Å². The van der Waals surface area contributed by atoms with Crippen LogP contribution in [0.2, 0.25) is 0 Å². The van der Waals surface area contributed by atoms with E-state index in [-0.39, 0.29) is 28.4 Å². The number of hydrogen-bond acceptors (Lipinski definition) is 8. The molecule has 9 nitrogen and oxygen atoms in total. The average molecular weight is 556 g/mol. The van der Waals surface area contributed by atoms with Crippen molar-refractivity contribution in [1.82, 2.24) is 14.7 Å². The van der Waals surface area contributed by atoms with Crippen LogP contribution in [-0.2, 0) is 10.0 Å². The molecule has 2 unspecified atom stereocenters. The van der Waals surface area contributed by atoms with Gasteiger partial charge in [0.05, 0.1) is 17.9 Å². The maximum absolute atomic E-state index is 14.5. The van der Waals surface area contributed by atoms with Crippen LogP contribution in [0.15, 0.2) is 53.6 Å². The van der Waals surface area contributed by atoms with Gasteiger partial charge in [-0.3, -0.25) is 4.79 Å². The summed E-state index contributed by atoms with van der Waals surface area (Å²) in [5, 5.41) is -0.365. The lowest BCUT2D eigenvalue weighted by atomic mass is 9.91. The Morgan fingerprint density at radius 3 is 2.67 bits per heavy atom. The van der Waals surface area contributed by atoms with E-state index in [9.17, 15) is 17.6 Å². The molecule has 3 heterocycles. The number of nitrogens with two attached hydrogens (primary N) is 1. The lowest BCUT2D eigenvalue weighted by molar-refractivity contribution is 0.0981. The molecule has 3 aromatic rings. The van der Waals surface area contributed by atoms with Crippen molar-refractivity contribution in [2.75, 3.05) is 23.8 Å². The number of anilines is 2. The number of aromatic nitrogens is 2. The third-order valence-corrected chi connectivity index (χ3v) is 8.00. The van der Waals surface area contributed by atoms with E-state index in [0.29, 0.717) is 41.9 Å². The lowest BCUT2D eigenvalue weighted by Gasteiger charge is -2.39. The van der Waals surface area contributed by atoms with Crippen LogP contribution in [0.5, 0.6) is 5.75 Å². The normalized spacial score (nSPS) is 17.7. The minimum atomic E-state index is -4.29. The molecular formula is C28H34FN5O4S. The number of hydrogen-bond donors (Lipinski definition) is 2. The predicted octanol–water partition coefficient (Wildman–Crippen LogP) is 4.64. The van der Waals surface area contributed by atoms with Crippen LogP contribution >= 0.6 is 0 Å². The van der Waals surface area contributed by atoms with Gasteiger partial charge in [0.2, 0.25) is 0 Å². The van der Waals surface area contributed by atoms with Gasteiger partial charge in [-0.05, 0) is 68.0 Å². The van der Waals surface area contributed by atoms with E-state index in [1.54, 1.807) is 12.1 Å². The van der Waals surface area contributed by atoms with Crippen molar-refractivity contribution in [2.24, 2.45) is 11.8 Å². The van der Waals surface area contributed by atoms with E-state index in [1.807, 2.05) is 25.7 Å². The number of halogens is 1. The van der Waals surface area contributed by atoms with Gasteiger partial charge in [-0.25, -0.2) is 19.1 Å². The van der Waals surface area contributed by atoms with Gasteiger partial charge in [-0.2, -0.15) is 8.42 Å². The van der Waals surface area contributed by atoms with E-state index in [0.717, 1.165) is 12.8 Å². The number of nitrogens with one attached hydrogen (secondary N) is 1. The van der Waals surface area contributed by atoms with Crippen molar-refractivity contribution < 1.29 is 22.3 Å². The van der Waals surface area contributed by atoms with Crippen LogP contribution in [0.3, 0.4) is 0 Å². The number of carbonyl (C=O) groups excluding carboxylic acids is 1. The summed E-state index contributed by atoms with van der Waals surface area (Å²) in [7, 11) is -4.29. The maximum Gasteiger partial charge on any atom is 0.281 e. The van der Waals surface area contributed by atoms with Gasteiger partial charge in [0.25, 0.3) is 15.9 Å². The SMILES string of the molecule is CC(C)COc1cc(F)cc(-c2ccc(C(=O)NS(=O)(=O)c3cccc(N)n3)c(N3CCCC(C)C3C)n2)c1. The molecule has 208 valence electrons. The summed E-state index contributed by atoms with van der Waals surface area (Å²) in [5.41, 5.74) is 6.63. The monoisotopic (exact) mass is 555 g/mol. The molecule has 39 heavy (non-hydrogen) atoms. The average Bonchev–Trinajstić information content (AvgIpc) is 2.88. The molecular weight excluding hydrogens is 521 g/mol. The number of sulfonamides is 1. The molecule has 0 bridgehead atoms. The lowest BCUT2D eigenvalue weighted by Crippen LogP contribution is -2.44. The predicted molar refractivity (Wildman–Crippen MR) is 148 cm³/mol. The zero-order valence-electron chi connectivity index (χ0n) is 22.5. The summed E-state index contributed by atoms with van der Waals surface area (Å²) >= 11 is 0. The van der Waals surface area contributed by atoms with Gasteiger partial charge >= 0.3 is 0 Å². The summed E-state index contributed by atoms with van der Waals surface area (Å²) in [6, 6.07) is 11.7. The number of pyridine rings is 2. The molecule has 1 fully saturated rings. The Bertz CT molecular complexity index is 1460. The first-order valence-corrected chi connectivity index (χ1v) is 14.4. The molecule has 2 atom stereocenters. The second-order valence-electron chi connectivity index (χ2n) is 10.3. The number of ether oxygens (including phenoxy) is 1. The molecule has 1 aromatic carbocycles. The Hall–Kier alpha value is -3.73. The molecule has 4 rings (SSSR count). The van der Waals surface area contributed by atoms with Gasteiger partial charge in [0, 0.05) is 24.2 Å². The Morgan fingerprint density at radius 2 is 1.95 bits per heavy atom. The smallest absolute Gasteiger partial charge is 0.281 e. The van der Waals surface area contributed by atoms with E-state index in [4.69, 9.17) is 15.5 Å². The third-order valence-electron chi connectivity index (χ3n) is 6.76. The fourth-order valence-electron chi connectivity index (χ4n) is 4.51. The van der Waals surface area contributed by atoms with Crippen LogP contribution in [-0.4, -0.2) is 43.5 Å². The van der Waals surface area contributed by atoms with Crippen LogP contribution in [0.25, 0.3) is 11.3 Å². The zero-order valence-corrected chi connectivity index (χ0v) is 23.3. The Morgan fingerprint density at radius 1 is 1.18 bits per heavy atom. The van der Waals surface area contributed by atoms with Crippen LogP contribution in [0.4, 0.5) is 16.0 Å². The molecule has 1 aliphatic heterocycles. The molecule has 0 saturated carbocycles. The highest BCUT2D eigenvalue weighted by atomic mass is 32.2. The van der Waals surface area contributed by atoms with Crippen LogP contribution < -0.4 is 20.1 Å². The van der Waals surface area contributed by atoms with Crippen LogP contribution in [0, 0.1) is 17.7 Å². The topological polar surface area (TPSA) is 128 Å². The molecule has 1 saturated heterocycles. The first kappa shape index (κ1) is 28.3. The number of benzene rings is 1. The minimum Gasteiger partial charge on any atom is -0.493 e. The summed E-state index contributed by atoms with van der Waals surface area (Å²) < 4.78 is 48.2. The van der Waals surface area contributed by atoms with Gasteiger partial charge in [0.1, 0.15) is 23.2 Å². The van der Waals surface area contributed by atoms with E-state index in [2.05, 4.69) is 16.6 Å². The number of nitrogen functional groups attached to an aromatic ring is 1. The van der Waals surface area contributed by atoms with Crippen molar-refractivity contribution in [3.05, 3.63) is 59.9 Å². The fraction of sp³-hybridized carbons (Fsp3) is 0.393. The molecule has 0 radical (unpaired) electrons. The first-order chi connectivity index (χ1) is 18.4. The largest absolute Gasteiger partial charge is 0.493 e.